The first kappa shape index (κ1) is 17.7. The molecular weight excluding hydrogens is 381 g/mol. The standard InChI is InChI=1S/C17H13Cl2N3O2S/c1-8-6-10(9(2)20-8)7-11-15(23)21-17(25)22(16(11)24)13-5-3-4-12(18)14(13)19/h3-7,24H,1-2H3,(H,21,23,25). The van der Waals surface area contributed by atoms with Gasteiger partial charge in [-0.1, -0.05) is 29.3 Å². The topological polar surface area (TPSA) is 70.4 Å². The highest BCUT2D eigenvalue weighted by Crippen LogP contribution is 2.32. The van der Waals surface area contributed by atoms with E-state index in [1.807, 2.05) is 19.9 Å². The third-order valence-electron chi connectivity index (χ3n) is 3.72. The number of allylic oxidation sites excluding steroid dienone is 3. The van der Waals surface area contributed by atoms with Crippen LogP contribution in [-0.2, 0) is 0 Å². The maximum atomic E-state index is 12.3. The lowest BCUT2D eigenvalue weighted by molar-refractivity contribution is 0.432. The molecule has 0 spiro atoms. The number of rotatable bonds is 2. The summed E-state index contributed by atoms with van der Waals surface area (Å²) < 4.78 is 1.28. The number of aliphatic imine (C=N–C) groups is 1. The fourth-order valence-corrected chi connectivity index (χ4v) is 3.21. The van der Waals surface area contributed by atoms with E-state index in [9.17, 15) is 9.90 Å². The molecule has 0 fully saturated rings. The predicted molar refractivity (Wildman–Crippen MR) is 104 cm³/mol. The highest BCUT2D eigenvalue weighted by molar-refractivity contribution is 7.71. The van der Waals surface area contributed by atoms with Gasteiger partial charge in [-0.2, -0.15) is 0 Å². The second-order valence-corrected chi connectivity index (χ2v) is 6.66. The average molecular weight is 394 g/mol. The molecule has 0 amide bonds. The largest absolute Gasteiger partial charge is 0.494 e. The molecular formula is C17H13Cl2N3O2S. The first-order valence-corrected chi connectivity index (χ1v) is 8.44. The molecule has 1 aromatic heterocycles. The Hall–Kier alpha value is -2.15. The normalized spacial score (nSPS) is 15.4. The van der Waals surface area contributed by atoms with Gasteiger partial charge in [0, 0.05) is 11.4 Å². The van der Waals surface area contributed by atoms with Gasteiger partial charge in [0.2, 0.25) is 5.88 Å². The Bertz CT molecular complexity index is 1090. The molecule has 0 saturated carbocycles. The first-order valence-electron chi connectivity index (χ1n) is 7.28. The summed E-state index contributed by atoms with van der Waals surface area (Å²) in [6.45, 7) is 3.68. The van der Waals surface area contributed by atoms with Crippen molar-refractivity contribution < 1.29 is 5.11 Å². The van der Waals surface area contributed by atoms with Crippen molar-refractivity contribution >= 4 is 47.2 Å². The van der Waals surface area contributed by atoms with E-state index < -0.39 is 5.56 Å². The molecule has 0 unspecified atom stereocenters. The van der Waals surface area contributed by atoms with Crippen molar-refractivity contribution in [1.29, 1.82) is 0 Å². The number of aromatic hydroxyl groups is 1. The molecule has 2 aromatic rings. The van der Waals surface area contributed by atoms with Crippen LogP contribution >= 0.6 is 35.4 Å². The molecule has 1 aliphatic rings. The van der Waals surface area contributed by atoms with Crippen LogP contribution in [0.1, 0.15) is 19.4 Å². The predicted octanol–water partition coefficient (Wildman–Crippen LogP) is 4.67. The molecule has 1 aliphatic heterocycles. The number of halogens is 2. The smallest absolute Gasteiger partial charge is 0.262 e. The van der Waals surface area contributed by atoms with Crippen LogP contribution in [0.2, 0.25) is 10.0 Å². The molecule has 0 atom stereocenters. The van der Waals surface area contributed by atoms with E-state index >= 15 is 0 Å². The number of aromatic nitrogens is 2. The zero-order valence-electron chi connectivity index (χ0n) is 13.3. The summed E-state index contributed by atoms with van der Waals surface area (Å²) in [5.41, 5.74) is 2.24. The number of nitrogens with zero attached hydrogens (tertiary/aromatic N) is 2. The molecule has 2 heterocycles. The summed E-state index contributed by atoms with van der Waals surface area (Å²) in [6, 6.07) is 4.94. The van der Waals surface area contributed by atoms with Gasteiger partial charge in [0.15, 0.2) is 4.77 Å². The van der Waals surface area contributed by atoms with Crippen LogP contribution in [-0.4, -0.2) is 20.4 Å². The Morgan fingerprint density at radius 3 is 2.68 bits per heavy atom. The minimum absolute atomic E-state index is 0.0114. The molecule has 5 nitrogen and oxygen atoms in total. The molecule has 2 N–H and O–H groups in total. The molecule has 3 rings (SSSR count). The van der Waals surface area contributed by atoms with Crippen molar-refractivity contribution in [2.45, 2.75) is 13.8 Å². The van der Waals surface area contributed by atoms with E-state index in [0.717, 1.165) is 17.0 Å². The zero-order chi connectivity index (χ0) is 18.3. The Morgan fingerprint density at radius 1 is 1.32 bits per heavy atom. The molecule has 0 aliphatic carbocycles. The van der Waals surface area contributed by atoms with Crippen LogP contribution in [0.5, 0.6) is 5.88 Å². The summed E-state index contributed by atoms with van der Waals surface area (Å²) in [4.78, 5) is 19.2. The van der Waals surface area contributed by atoms with Crippen LogP contribution in [0.3, 0.4) is 0 Å². The summed E-state index contributed by atoms with van der Waals surface area (Å²) in [5.74, 6) is -0.323. The molecule has 0 bridgehead atoms. The molecule has 0 saturated heterocycles. The van der Waals surface area contributed by atoms with Crippen LogP contribution in [0.4, 0.5) is 0 Å². The lowest BCUT2D eigenvalue weighted by Crippen LogP contribution is -2.16. The van der Waals surface area contributed by atoms with Crippen LogP contribution in [0.15, 0.2) is 45.3 Å². The number of hydrogen-bond donors (Lipinski definition) is 2. The van der Waals surface area contributed by atoms with Crippen molar-refractivity contribution in [1.82, 2.24) is 9.55 Å². The Balaban J connectivity index is 2.29. The number of H-pyrrole nitrogens is 1. The molecule has 128 valence electrons. The Kier molecular flexibility index (Phi) is 4.69. The first-order chi connectivity index (χ1) is 11.8. The second kappa shape index (κ2) is 6.63. The Labute approximate surface area is 158 Å². The van der Waals surface area contributed by atoms with Crippen LogP contribution in [0, 0.1) is 4.77 Å². The number of aromatic amines is 1. The molecule has 25 heavy (non-hydrogen) atoms. The summed E-state index contributed by atoms with van der Waals surface area (Å²) >= 11 is 17.5. The van der Waals surface area contributed by atoms with E-state index in [1.54, 1.807) is 24.3 Å². The third kappa shape index (κ3) is 3.20. The minimum Gasteiger partial charge on any atom is -0.494 e. The van der Waals surface area contributed by atoms with E-state index in [1.165, 1.54) is 4.57 Å². The monoisotopic (exact) mass is 393 g/mol. The molecule has 8 heteroatoms. The van der Waals surface area contributed by atoms with E-state index in [2.05, 4.69) is 9.98 Å². The van der Waals surface area contributed by atoms with Crippen LogP contribution in [0.25, 0.3) is 11.8 Å². The van der Waals surface area contributed by atoms with Gasteiger partial charge in [0.1, 0.15) is 5.56 Å². The summed E-state index contributed by atoms with van der Waals surface area (Å²) in [5, 5.41) is 11.2. The fraction of sp³-hybridized carbons (Fsp3) is 0.118. The van der Waals surface area contributed by atoms with E-state index in [4.69, 9.17) is 35.4 Å². The Morgan fingerprint density at radius 2 is 2.04 bits per heavy atom. The second-order valence-electron chi connectivity index (χ2n) is 5.49. The number of nitrogens with one attached hydrogen (secondary N) is 1. The van der Waals surface area contributed by atoms with Crippen molar-refractivity contribution in [2.24, 2.45) is 4.99 Å². The van der Waals surface area contributed by atoms with Crippen LogP contribution < -0.4 is 5.56 Å². The maximum Gasteiger partial charge on any atom is 0.262 e. The molecule has 1 aromatic carbocycles. The van der Waals surface area contributed by atoms with Crippen molar-refractivity contribution in [3.63, 3.8) is 0 Å². The van der Waals surface area contributed by atoms with Gasteiger partial charge in [-0.3, -0.25) is 19.3 Å². The van der Waals surface area contributed by atoms with Crippen molar-refractivity contribution in [3.05, 3.63) is 66.3 Å². The van der Waals surface area contributed by atoms with Gasteiger partial charge in [-0.25, -0.2) is 0 Å². The average Bonchev–Trinajstić information content (AvgIpc) is 2.85. The van der Waals surface area contributed by atoms with Crippen molar-refractivity contribution in [3.8, 4) is 11.6 Å². The maximum absolute atomic E-state index is 12.3. The van der Waals surface area contributed by atoms with Gasteiger partial charge in [0.05, 0.1) is 15.7 Å². The fourth-order valence-electron chi connectivity index (χ4n) is 2.55. The van der Waals surface area contributed by atoms with Gasteiger partial charge >= 0.3 is 0 Å². The molecule has 0 radical (unpaired) electrons. The highest BCUT2D eigenvalue weighted by atomic mass is 35.5. The van der Waals surface area contributed by atoms with Gasteiger partial charge in [-0.15, -0.1) is 0 Å². The number of hydrogen-bond acceptors (Lipinski definition) is 4. The van der Waals surface area contributed by atoms with Gasteiger partial charge in [-0.05, 0) is 55.9 Å². The SMILES string of the molecule is CC1=CC(=Cc2c(O)n(-c3cccc(Cl)c3Cl)c(=S)[nH]c2=O)C(C)=N1. The lowest BCUT2D eigenvalue weighted by Gasteiger charge is -2.13. The minimum atomic E-state index is -0.504. The highest BCUT2D eigenvalue weighted by Gasteiger charge is 2.17. The quantitative estimate of drug-likeness (QED) is 0.728. The van der Waals surface area contributed by atoms with Gasteiger partial charge in [0.25, 0.3) is 5.56 Å². The zero-order valence-corrected chi connectivity index (χ0v) is 15.6. The lowest BCUT2D eigenvalue weighted by atomic mass is 10.1. The van der Waals surface area contributed by atoms with Crippen molar-refractivity contribution in [2.75, 3.05) is 0 Å². The van der Waals surface area contributed by atoms with Gasteiger partial charge < -0.3 is 5.11 Å². The summed E-state index contributed by atoms with van der Waals surface area (Å²) in [7, 11) is 0. The summed E-state index contributed by atoms with van der Waals surface area (Å²) in [6.07, 6.45) is 3.39. The third-order valence-corrected chi connectivity index (χ3v) is 4.81. The van der Waals surface area contributed by atoms with E-state index in [0.29, 0.717) is 10.7 Å². The number of benzene rings is 1. The van der Waals surface area contributed by atoms with E-state index in [-0.39, 0.29) is 21.2 Å².